The van der Waals surface area contributed by atoms with Crippen LogP contribution >= 0.6 is 0 Å². The van der Waals surface area contributed by atoms with Gasteiger partial charge in [-0.05, 0) is 30.3 Å². The Labute approximate surface area is 192 Å². The molecule has 11 heteroatoms. The minimum atomic E-state index is -0.622. The molecule has 3 aromatic rings. The number of nitro benzene ring substituents is 1. The molecule has 1 saturated heterocycles. The predicted molar refractivity (Wildman–Crippen MR) is 115 cm³/mol. The number of hydrogen-bond acceptors (Lipinski definition) is 8. The summed E-state index contributed by atoms with van der Waals surface area (Å²) in [4.78, 5) is 43.2. The molecule has 2 bridgehead atoms. The Morgan fingerprint density at radius 3 is 2.62 bits per heavy atom. The summed E-state index contributed by atoms with van der Waals surface area (Å²) in [5.74, 6) is -1.03. The van der Waals surface area contributed by atoms with Gasteiger partial charge in [-0.25, -0.2) is 4.79 Å². The first-order chi connectivity index (χ1) is 16.5. The minimum absolute atomic E-state index is 0.0603. The molecule has 34 heavy (non-hydrogen) atoms. The van der Waals surface area contributed by atoms with E-state index in [1.165, 1.54) is 24.3 Å². The lowest BCUT2D eigenvalue weighted by molar-refractivity contribution is -0.384. The van der Waals surface area contributed by atoms with Crippen LogP contribution < -0.4 is 10.2 Å². The molecule has 0 aliphatic carbocycles. The van der Waals surface area contributed by atoms with Crippen molar-refractivity contribution in [2.45, 2.75) is 24.9 Å². The van der Waals surface area contributed by atoms with E-state index in [0.717, 1.165) is 0 Å². The molecule has 1 aromatic heterocycles. The Morgan fingerprint density at radius 2 is 1.88 bits per heavy atom. The van der Waals surface area contributed by atoms with E-state index in [9.17, 15) is 19.7 Å². The number of nitrogens with zero attached hydrogens (tertiary/aromatic N) is 4. The van der Waals surface area contributed by atoms with Crippen molar-refractivity contribution in [3.8, 4) is 6.01 Å². The third-order valence-corrected chi connectivity index (χ3v) is 5.49. The molecule has 0 unspecified atom stereocenters. The maximum Gasteiger partial charge on any atom is 0.338 e. The number of nitro groups is 1. The van der Waals surface area contributed by atoms with E-state index < -0.39 is 29.0 Å². The van der Waals surface area contributed by atoms with Gasteiger partial charge in [0, 0.05) is 30.3 Å². The molecule has 2 aliphatic rings. The third-order valence-electron chi connectivity index (χ3n) is 5.49. The van der Waals surface area contributed by atoms with E-state index >= 15 is 0 Å². The number of ether oxygens (including phenoxy) is 3. The van der Waals surface area contributed by atoms with Gasteiger partial charge in [-0.3, -0.25) is 19.5 Å². The number of esters is 1. The second-order valence-corrected chi connectivity index (χ2v) is 7.68. The van der Waals surface area contributed by atoms with Gasteiger partial charge in [0.1, 0.15) is 25.0 Å². The smallest absolute Gasteiger partial charge is 0.338 e. The molecular formula is C23H18N4O7. The summed E-state index contributed by atoms with van der Waals surface area (Å²) in [7, 11) is 0. The van der Waals surface area contributed by atoms with Crippen LogP contribution in [0.5, 0.6) is 6.01 Å². The molecule has 3 atom stereocenters. The van der Waals surface area contributed by atoms with Gasteiger partial charge in [-0.2, -0.15) is 9.98 Å². The summed E-state index contributed by atoms with van der Waals surface area (Å²) < 4.78 is 18.9. The standard InChI is InChI=1S/C23H18N4O7/c28-21(14-4-2-1-3-5-14)24-19-10-11-26-20-12-17(34-23(26)25-19)18(33-20)13-32-22(29)15-6-8-16(9-7-15)27(30)31/h1-11,17-18,20H,12-13H2/t17-,18+,20+/m0/s1. The van der Waals surface area contributed by atoms with E-state index in [1.54, 1.807) is 41.1 Å². The summed E-state index contributed by atoms with van der Waals surface area (Å²) in [5, 5.41) is 10.7. The van der Waals surface area contributed by atoms with Gasteiger partial charge in [0.25, 0.3) is 11.6 Å². The fourth-order valence-electron chi connectivity index (χ4n) is 3.76. The SMILES string of the molecule is O=C(N=c1ccn2c(n1)O[C@H]1C[C@H]2O[C@@H]1COC(=O)c1ccc([N+](=O)[O-])cc1)c1ccccc1. The topological polar surface area (TPSA) is 135 Å². The van der Waals surface area contributed by atoms with Crippen molar-refractivity contribution < 1.29 is 28.7 Å². The Bertz CT molecular complexity index is 1320. The molecule has 1 fully saturated rings. The summed E-state index contributed by atoms with van der Waals surface area (Å²) in [6, 6.07) is 15.7. The maximum absolute atomic E-state index is 12.3. The summed E-state index contributed by atoms with van der Waals surface area (Å²) in [5.41, 5.74) is 0.745. The second-order valence-electron chi connectivity index (χ2n) is 7.68. The number of aromatic nitrogens is 2. The van der Waals surface area contributed by atoms with Crippen LogP contribution in [0.25, 0.3) is 0 Å². The van der Waals surface area contributed by atoms with E-state index in [0.29, 0.717) is 12.0 Å². The molecule has 0 N–H and O–H groups in total. The lowest BCUT2D eigenvalue weighted by Gasteiger charge is -2.23. The Balaban J connectivity index is 1.25. The zero-order valence-corrected chi connectivity index (χ0v) is 17.6. The summed E-state index contributed by atoms with van der Waals surface area (Å²) >= 11 is 0. The Morgan fingerprint density at radius 1 is 1.12 bits per heavy atom. The fraction of sp³-hybridized carbons (Fsp3) is 0.217. The van der Waals surface area contributed by atoms with E-state index in [1.807, 2.05) is 6.07 Å². The number of benzene rings is 2. The van der Waals surface area contributed by atoms with Crippen molar-refractivity contribution in [3.05, 3.63) is 93.6 Å². The quantitative estimate of drug-likeness (QED) is 0.320. The highest BCUT2D eigenvalue weighted by Gasteiger charge is 2.43. The molecule has 11 nitrogen and oxygen atoms in total. The molecule has 172 valence electrons. The molecule has 2 aliphatic heterocycles. The van der Waals surface area contributed by atoms with Crippen molar-refractivity contribution in [2.75, 3.05) is 6.61 Å². The molecule has 1 amide bonds. The van der Waals surface area contributed by atoms with Gasteiger partial charge >= 0.3 is 12.0 Å². The minimum Gasteiger partial charge on any atom is -0.459 e. The van der Waals surface area contributed by atoms with Gasteiger partial charge < -0.3 is 14.2 Å². The number of amides is 1. The molecule has 0 radical (unpaired) electrons. The lowest BCUT2D eigenvalue weighted by atomic mass is 10.1. The van der Waals surface area contributed by atoms with Gasteiger partial charge in [-0.15, -0.1) is 0 Å². The number of fused-ring (bicyclic) bond motifs is 4. The van der Waals surface area contributed by atoms with Crippen LogP contribution in [-0.2, 0) is 9.47 Å². The molecule has 3 heterocycles. The molecule has 2 aromatic carbocycles. The number of hydrogen-bond donors (Lipinski definition) is 0. The first-order valence-electron chi connectivity index (χ1n) is 10.4. The third kappa shape index (κ3) is 4.28. The van der Waals surface area contributed by atoms with Crippen molar-refractivity contribution in [3.63, 3.8) is 0 Å². The van der Waals surface area contributed by atoms with Crippen molar-refractivity contribution in [2.24, 2.45) is 4.99 Å². The normalized spacial score (nSPS) is 20.8. The van der Waals surface area contributed by atoms with Gasteiger partial charge in [0.15, 0.2) is 5.49 Å². The molecule has 0 spiro atoms. The predicted octanol–water partition coefficient (Wildman–Crippen LogP) is 2.44. The molecule has 0 saturated carbocycles. The largest absolute Gasteiger partial charge is 0.459 e. The lowest BCUT2D eigenvalue weighted by Crippen LogP contribution is -2.34. The zero-order chi connectivity index (χ0) is 23.7. The first kappa shape index (κ1) is 21.5. The van der Waals surface area contributed by atoms with Crippen LogP contribution in [0.3, 0.4) is 0 Å². The average molecular weight is 462 g/mol. The first-order valence-corrected chi connectivity index (χ1v) is 10.4. The van der Waals surface area contributed by atoms with Gasteiger partial charge in [0.05, 0.1) is 10.5 Å². The second kappa shape index (κ2) is 8.87. The molecular weight excluding hydrogens is 444 g/mol. The van der Waals surface area contributed by atoms with Crippen LogP contribution in [0, 0.1) is 10.1 Å². The highest BCUT2D eigenvalue weighted by Crippen LogP contribution is 2.37. The highest BCUT2D eigenvalue weighted by molar-refractivity contribution is 5.94. The fourth-order valence-corrected chi connectivity index (χ4v) is 3.76. The monoisotopic (exact) mass is 462 g/mol. The van der Waals surface area contributed by atoms with Crippen molar-refractivity contribution in [1.82, 2.24) is 9.55 Å². The maximum atomic E-state index is 12.3. The number of non-ortho nitro benzene ring substituents is 1. The molecule has 5 rings (SSSR count). The van der Waals surface area contributed by atoms with Crippen molar-refractivity contribution in [1.29, 1.82) is 0 Å². The van der Waals surface area contributed by atoms with E-state index in [-0.39, 0.29) is 35.6 Å². The highest BCUT2D eigenvalue weighted by atomic mass is 16.6. The van der Waals surface area contributed by atoms with E-state index in [4.69, 9.17) is 14.2 Å². The van der Waals surface area contributed by atoms with Crippen LogP contribution in [0.1, 0.15) is 33.4 Å². The van der Waals surface area contributed by atoms with Crippen molar-refractivity contribution >= 4 is 17.6 Å². The van der Waals surface area contributed by atoms with Crippen LogP contribution in [0.4, 0.5) is 5.69 Å². The summed E-state index contributed by atoms with van der Waals surface area (Å²) in [6.45, 7) is -0.0603. The Kier molecular flexibility index (Phi) is 5.60. The summed E-state index contributed by atoms with van der Waals surface area (Å²) in [6.07, 6.45) is 0.940. The van der Waals surface area contributed by atoms with Gasteiger partial charge in [-0.1, -0.05) is 18.2 Å². The average Bonchev–Trinajstić information content (AvgIpc) is 3.19. The number of carbonyl (C=O) groups is 2. The van der Waals surface area contributed by atoms with Crippen LogP contribution in [0.2, 0.25) is 0 Å². The Hall–Kier alpha value is -4.38. The zero-order valence-electron chi connectivity index (χ0n) is 17.6. The number of carbonyl (C=O) groups excluding carboxylic acids is 2. The van der Waals surface area contributed by atoms with Crippen LogP contribution in [0.15, 0.2) is 71.9 Å². The van der Waals surface area contributed by atoms with Crippen LogP contribution in [-0.4, -0.2) is 45.2 Å². The van der Waals surface area contributed by atoms with Gasteiger partial charge in [0.2, 0.25) is 0 Å². The van der Waals surface area contributed by atoms with E-state index in [2.05, 4.69) is 9.98 Å². The number of rotatable bonds is 5.